The van der Waals surface area contributed by atoms with E-state index in [1.807, 2.05) is 6.07 Å². The molecule has 33 heavy (non-hydrogen) atoms. The van der Waals surface area contributed by atoms with E-state index >= 15 is 0 Å². The Morgan fingerprint density at radius 1 is 0.970 bits per heavy atom. The van der Waals surface area contributed by atoms with Gasteiger partial charge in [-0.3, -0.25) is 14.7 Å². The number of ether oxygens (including phenoxy) is 2. The highest BCUT2D eigenvalue weighted by Gasteiger charge is 2.37. The highest BCUT2D eigenvalue weighted by molar-refractivity contribution is 5.43. The fraction of sp³-hybridized carbons (Fsp3) is 0.769. The molecule has 3 fully saturated rings. The van der Waals surface area contributed by atoms with E-state index in [4.69, 9.17) is 9.47 Å². The zero-order valence-corrected chi connectivity index (χ0v) is 21.0. The second-order valence-electron chi connectivity index (χ2n) is 10.6. The van der Waals surface area contributed by atoms with Gasteiger partial charge in [0.2, 0.25) is 0 Å². The number of β-amino-alcohol motifs (C(OH)–C–C–N with tert-alkyl or cyclic N) is 1. The van der Waals surface area contributed by atoms with Gasteiger partial charge < -0.3 is 19.5 Å². The topological polar surface area (TPSA) is 51.7 Å². The molecular formula is C26H44N4O3. The second kappa shape index (κ2) is 11.4. The number of aliphatic hydroxyl groups is 1. The first-order chi connectivity index (χ1) is 15.9. The van der Waals surface area contributed by atoms with Gasteiger partial charge in [0.1, 0.15) is 6.61 Å². The molecule has 0 saturated carbocycles. The van der Waals surface area contributed by atoms with E-state index in [2.05, 4.69) is 45.7 Å². The van der Waals surface area contributed by atoms with Gasteiger partial charge in [-0.1, -0.05) is 13.0 Å². The predicted octanol–water partition coefficient (Wildman–Crippen LogP) is 1.99. The lowest BCUT2D eigenvalue weighted by atomic mass is 9.99. The van der Waals surface area contributed by atoms with Crippen LogP contribution in [0, 0.1) is 5.92 Å². The van der Waals surface area contributed by atoms with E-state index in [9.17, 15) is 5.11 Å². The number of likely N-dealkylation sites (N-methyl/N-ethyl adjacent to an activating group) is 1. The van der Waals surface area contributed by atoms with Gasteiger partial charge in [0.05, 0.1) is 12.7 Å². The van der Waals surface area contributed by atoms with Gasteiger partial charge in [-0.25, -0.2) is 0 Å². The first-order valence-electron chi connectivity index (χ1n) is 12.8. The van der Waals surface area contributed by atoms with Crippen molar-refractivity contribution in [3.63, 3.8) is 0 Å². The van der Waals surface area contributed by atoms with Crippen LogP contribution in [-0.2, 0) is 6.54 Å². The van der Waals surface area contributed by atoms with Crippen molar-refractivity contribution in [1.82, 2.24) is 19.6 Å². The minimum atomic E-state index is -0.602. The lowest BCUT2D eigenvalue weighted by molar-refractivity contribution is -0.000372. The van der Waals surface area contributed by atoms with E-state index in [0.29, 0.717) is 6.61 Å². The van der Waals surface area contributed by atoms with Crippen molar-refractivity contribution in [2.45, 2.75) is 38.3 Å². The van der Waals surface area contributed by atoms with Crippen LogP contribution in [0.1, 0.15) is 31.7 Å². The zero-order chi connectivity index (χ0) is 23.3. The summed E-state index contributed by atoms with van der Waals surface area (Å²) in [5, 5.41) is 11.2. The number of rotatable bonds is 9. The number of hydrogen-bond acceptors (Lipinski definition) is 7. The molecule has 7 heteroatoms. The molecule has 1 N–H and O–H groups in total. The summed E-state index contributed by atoms with van der Waals surface area (Å²) < 4.78 is 11.7. The molecule has 0 amide bonds. The van der Waals surface area contributed by atoms with E-state index in [0.717, 1.165) is 82.7 Å². The number of likely N-dealkylation sites (tertiary alicyclic amines) is 2. The van der Waals surface area contributed by atoms with E-state index in [1.165, 1.54) is 31.5 Å². The number of nitrogens with zero attached hydrogens (tertiary/aromatic N) is 4. The summed E-state index contributed by atoms with van der Waals surface area (Å²) in [6.07, 6.45) is 3.42. The number of piperidine rings is 1. The molecule has 1 aromatic rings. The Kier molecular flexibility index (Phi) is 8.52. The van der Waals surface area contributed by atoms with Crippen LogP contribution in [0.4, 0.5) is 0 Å². The largest absolute Gasteiger partial charge is 0.493 e. The average molecular weight is 461 g/mol. The maximum absolute atomic E-state index is 11.2. The first kappa shape index (κ1) is 24.7. The molecule has 0 aromatic heterocycles. The Morgan fingerprint density at radius 2 is 1.73 bits per heavy atom. The van der Waals surface area contributed by atoms with Crippen LogP contribution < -0.4 is 9.47 Å². The standard InChI is InChI=1S/C26H44N4O3/c1-22-6-9-28(10-7-22)16-17-33-24-5-4-23(18-25(24)32-3)19-30-11-8-26(31,21-30)20-29-14-12-27(2)13-15-29/h4-5,18,22,31H,6-17,19-21H2,1-3H3. The van der Waals surface area contributed by atoms with Gasteiger partial charge in [0.15, 0.2) is 11.5 Å². The Labute approximate surface area is 200 Å². The molecule has 1 aromatic carbocycles. The Hall–Kier alpha value is -1.38. The molecule has 0 spiro atoms. The average Bonchev–Trinajstić information content (AvgIpc) is 3.17. The molecule has 3 aliphatic rings. The second-order valence-corrected chi connectivity index (χ2v) is 10.6. The first-order valence-corrected chi connectivity index (χ1v) is 12.8. The molecular weight excluding hydrogens is 416 g/mol. The van der Waals surface area contributed by atoms with Crippen LogP contribution in [0.2, 0.25) is 0 Å². The van der Waals surface area contributed by atoms with Gasteiger partial charge >= 0.3 is 0 Å². The summed E-state index contributed by atoms with van der Waals surface area (Å²) in [5.74, 6) is 2.47. The van der Waals surface area contributed by atoms with Crippen molar-refractivity contribution in [2.24, 2.45) is 5.92 Å². The van der Waals surface area contributed by atoms with Crippen molar-refractivity contribution in [3.05, 3.63) is 23.8 Å². The van der Waals surface area contributed by atoms with E-state index in [1.54, 1.807) is 7.11 Å². The zero-order valence-electron chi connectivity index (χ0n) is 21.0. The third-order valence-corrected chi connectivity index (χ3v) is 7.70. The lowest BCUT2D eigenvalue weighted by Gasteiger charge is -2.37. The van der Waals surface area contributed by atoms with Crippen LogP contribution in [0.15, 0.2) is 18.2 Å². The minimum Gasteiger partial charge on any atom is -0.493 e. The van der Waals surface area contributed by atoms with Gasteiger partial charge in [0, 0.05) is 58.9 Å². The normalized spacial score (nSPS) is 26.7. The molecule has 1 atom stereocenters. The van der Waals surface area contributed by atoms with Gasteiger partial charge in [-0.2, -0.15) is 0 Å². The number of hydrogen-bond donors (Lipinski definition) is 1. The molecule has 186 valence electrons. The number of benzene rings is 1. The summed E-state index contributed by atoms with van der Waals surface area (Å²) in [4.78, 5) is 9.64. The highest BCUT2D eigenvalue weighted by atomic mass is 16.5. The summed E-state index contributed by atoms with van der Waals surface area (Å²) in [5.41, 5.74) is 0.600. The summed E-state index contributed by atoms with van der Waals surface area (Å²) in [7, 11) is 3.88. The van der Waals surface area contributed by atoms with E-state index < -0.39 is 5.60 Å². The quantitative estimate of drug-likeness (QED) is 0.605. The molecule has 0 aliphatic carbocycles. The van der Waals surface area contributed by atoms with Crippen LogP contribution in [0.5, 0.6) is 11.5 Å². The molecule has 7 nitrogen and oxygen atoms in total. The monoisotopic (exact) mass is 460 g/mol. The predicted molar refractivity (Wildman–Crippen MR) is 132 cm³/mol. The molecule has 3 heterocycles. The fourth-order valence-corrected chi connectivity index (χ4v) is 5.38. The van der Waals surface area contributed by atoms with Crippen LogP contribution >= 0.6 is 0 Å². The van der Waals surface area contributed by atoms with Crippen molar-refractivity contribution in [2.75, 3.05) is 86.2 Å². The van der Waals surface area contributed by atoms with Crippen molar-refractivity contribution in [3.8, 4) is 11.5 Å². The number of methoxy groups -OCH3 is 1. The molecule has 0 bridgehead atoms. The summed E-state index contributed by atoms with van der Waals surface area (Å²) in [6.45, 7) is 13.9. The van der Waals surface area contributed by atoms with Crippen LogP contribution in [0.3, 0.4) is 0 Å². The maximum atomic E-state index is 11.2. The Morgan fingerprint density at radius 3 is 2.45 bits per heavy atom. The highest BCUT2D eigenvalue weighted by Crippen LogP contribution is 2.30. The SMILES string of the molecule is COc1cc(CN2CCC(O)(CN3CCN(C)CC3)C2)ccc1OCCN1CCC(C)CC1. The number of piperazine rings is 1. The van der Waals surface area contributed by atoms with Gasteiger partial charge in [0.25, 0.3) is 0 Å². The molecule has 3 aliphatic heterocycles. The molecule has 3 saturated heterocycles. The molecule has 1 unspecified atom stereocenters. The maximum Gasteiger partial charge on any atom is 0.161 e. The van der Waals surface area contributed by atoms with Crippen molar-refractivity contribution in [1.29, 1.82) is 0 Å². The smallest absolute Gasteiger partial charge is 0.161 e. The third-order valence-electron chi connectivity index (χ3n) is 7.70. The van der Waals surface area contributed by atoms with Gasteiger partial charge in [-0.15, -0.1) is 0 Å². The van der Waals surface area contributed by atoms with Crippen molar-refractivity contribution >= 4 is 0 Å². The van der Waals surface area contributed by atoms with Gasteiger partial charge in [-0.05, 0) is 63.0 Å². The van der Waals surface area contributed by atoms with Crippen LogP contribution in [0.25, 0.3) is 0 Å². The Balaban J connectivity index is 1.24. The van der Waals surface area contributed by atoms with Crippen LogP contribution in [-0.4, -0.2) is 117 Å². The van der Waals surface area contributed by atoms with Crippen molar-refractivity contribution < 1.29 is 14.6 Å². The third kappa shape index (κ3) is 7.06. The summed E-state index contributed by atoms with van der Waals surface area (Å²) >= 11 is 0. The molecule has 0 radical (unpaired) electrons. The Bertz CT molecular complexity index is 747. The lowest BCUT2D eigenvalue weighted by Crippen LogP contribution is -2.51. The van der Waals surface area contributed by atoms with E-state index in [-0.39, 0.29) is 0 Å². The fourth-order valence-electron chi connectivity index (χ4n) is 5.38. The molecule has 4 rings (SSSR count). The summed E-state index contributed by atoms with van der Waals surface area (Å²) in [6, 6.07) is 6.27. The minimum absolute atomic E-state index is 0.602.